The van der Waals surface area contributed by atoms with Gasteiger partial charge in [0.15, 0.2) is 4.77 Å². The molecule has 0 atom stereocenters. The number of hydrogen-bond donors (Lipinski definition) is 1. The molecule has 3 heteroatoms. The monoisotopic (exact) mass is 198 g/mol. The number of nitrogens with zero attached hydrogens (tertiary/aromatic N) is 1. The van der Waals surface area contributed by atoms with Gasteiger partial charge in [-0.3, -0.25) is 0 Å². The highest BCUT2D eigenvalue weighted by molar-refractivity contribution is 7.71. The van der Waals surface area contributed by atoms with Gasteiger partial charge in [-0.2, -0.15) is 0 Å². The third-order valence-electron chi connectivity index (χ3n) is 2.47. The smallest absolute Gasteiger partial charge is 0.177 e. The lowest BCUT2D eigenvalue weighted by atomic mass is 9.90. The molecule has 1 aromatic rings. The van der Waals surface area contributed by atoms with Crippen LogP contribution in [-0.4, -0.2) is 9.55 Å². The van der Waals surface area contributed by atoms with Crippen LogP contribution in [0.15, 0.2) is 6.20 Å². The minimum atomic E-state index is 0.326. The Bertz CT molecular complexity index is 333. The van der Waals surface area contributed by atoms with Crippen molar-refractivity contribution in [3.05, 3.63) is 16.7 Å². The molecule has 0 aromatic carbocycles. The zero-order chi connectivity index (χ0) is 10.1. The van der Waals surface area contributed by atoms with Gasteiger partial charge in [-0.05, 0) is 31.0 Å². The molecule has 0 radical (unpaired) electrons. The van der Waals surface area contributed by atoms with E-state index >= 15 is 0 Å². The average Bonchev–Trinajstić information content (AvgIpc) is 2.30. The van der Waals surface area contributed by atoms with Gasteiger partial charge in [0.1, 0.15) is 0 Å². The van der Waals surface area contributed by atoms with Gasteiger partial charge in [0.25, 0.3) is 0 Å². The molecule has 0 unspecified atom stereocenters. The molecule has 13 heavy (non-hydrogen) atoms. The lowest BCUT2D eigenvalue weighted by Gasteiger charge is -2.22. The summed E-state index contributed by atoms with van der Waals surface area (Å²) >= 11 is 5.20. The van der Waals surface area contributed by atoms with Crippen molar-refractivity contribution in [1.82, 2.24) is 9.55 Å². The Morgan fingerprint density at radius 1 is 1.54 bits per heavy atom. The fourth-order valence-corrected chi connectivity index (χ4v) is 1.53. The first kappa shape index (κ1) is 10.5. The molecule has 0 fully saturated rings. The lowest BCUT2D eigenvalue weighted by Crippen LogP contribution is -2.18. The summed E-state index contributed by atoms with van der Waals surface area (Å²) in [5, 5.41) is 0. The standard InChI is InChI=1S/C10H18N2S/c1-5-10(3,4)7-12-6-8(2)11-9(12)13/h6H,5,7H2,1-4H3,(H,11,13). The number of aromatic amines is 1. The second-order valence-corrected chi connectivity index (χ2v) is 4.77. The van der Waals surface area contributed by atoms with Crippen molar-refractivity contribution in [1.29, 1.82) is 0 Å². The molecule has 0 saturated heterocycles. The van der Waals surface area contributed by atoms with E-state index in [9.17, 15) is 0 Å². The second kappa shape index (κ2) is 3.66. The van der Waals surface area contributed by atoms with Crippen LogP contribution in [0.4, 0.5) is 0 Å². The van der Waals surface area contributed by atoms with E-state index in [1.54, 1.807) is 0 Å². The SMILES string of the molecule is CCC(C)(C)Cn1cc(C)[nH]c1=S. The Kier molecular flexibility index (Phi) is 2.96. The van der Waals surface area contributed by atoms with Gasteiger partial charge >= 0.3 is 0 Å². The lowest BCUT2D eigenvalue weighted by molar-refractivity contribution is 0.293. The summed E-state index contributed by atoms with van der Waals surface area (Å²) in [6.07, 6.45) is 3.25. The van der Waals surface area contributed by atoms with Gasteiger partial charge in [0, 0.05) is 18.4 Å². The number of rotatable bonds is 3. The molecule has 0 saturated carbocycles. The summed E-state index contributed by atoms with van der Waals surface area (Å²) in [5.41, 5.74) is 1.46. The highest BCUT2D eigenvalue weighted by Gasteiger charge is 2.16. The summed E-state index contributed by atoms with van der Waals surface area (Å²) in [6, 6.07) is 0. The number of aromatic nitrogens is 2. The quantitative estimate of drug-likeness (QED) is 0.739. The van der Waals surface area contributed by atoms with Gasteiger partial charge in [-0.1, -0.05) is 20.8 Å². The zero-order valence-electron chi connectivity index (χ0n) is 8.85. The van der Waals surface area contributed by atoms with Crippen molar-refractivity contribution >= 4 is 12.2 Å². The van der Waals surface area contributed by atoms with Gasteiger partial charge in [0.05, 0.1) is 0 Å². The fraction of sp³-hybridized carbons (Fsp3) is 0.700. The summed E-state index contributed by atoms with van der Waals surface area (Å²) in [5.74, 6) is 0. The number of nitrogens with one attached hydrogen (secondary N) is 1. The van der Waals surface area contributed by atoms with E-state index in [1.807, 2.05) is 6.92 Å². The Balaban J connectivity index is 2.86. The van der Waals surface area contributed by atoms with Crippen LogP contribution < -0.4 is 0 Å². The van der Waals surface area contributed by atoms with E-state index in [2.05, 4.69) is 36.5 Å². The maximum Gasteiger partial charge on any atom is 0.177 e. The topological polar surface area (TPSA) is 20.7 Å². The van der Waals surface area contributed by atoms with Gasteiger partial charge in [0.2, 0.25) is 0 Å². The molecule has 1 N–H and O–H groups in total. The van der Waals surface area contributed by atoms with Crippen LogP contribution in [-0.2, 0) is 6.54 Å². The fourth-order valence-electron chi connectivity index (χ4n) is 1.26. The van der Waals surface area contributed by atoms with Crippen LogP contribution in [0, 0.1) is 17.1 Å². The first-order valence-electron chi connectivity index (χ1n) is 4.71. The van der Waals surface area contributed by atoms with Crippen molar-refractivity contribution in [2.24, 2.45) is 5.41 Å². The first-order chi connectivity index (χ1) is 5.94. The molecular weight excluding hydrogens is 180 g/mol. The number of imidazole rings is 1. The molecule has 0 aliphatic heterocycles. The maximum atomic E-state index is 5.20. The van der Waals surface area contributed by atoms with Crippen LogP contribution >= 0.6 is 12.2 Å². The predicted octanol–water partition coefficient (Wildman–Crippen LogP) is 3.29. The molecule has 1 aromatic heterocycles. The molecule has 0 bridgehead atoms. The summed E-state index contributed by atoms with van der Waals surface area (Å²) < 4.78 is 2.95. The third-order valence-corrected chi connectivity index (χ3v) is 2.81. The minimum absolute atomic E-state index is 0.326. The molecule has 1 heterocycles. The molecule has 0 amide bonds. The average molecular weight is 198 g/mol. The molecule has 2 nitrogen and oxygen atoms in total. The second-order valence-electron chi connectivity index (χ2n) is 4.39. The Morgan fingerprint density at radius 2 is 2.15 bits per heavy atom. The van der Waals surface area contributed by atoms with Crippen molar-refractivity contribution < 1.29 is 0 Å². The van der Waals surface area contributed by atoms with Crippen molar-refractivity contribution in [2.75, 3.05) is 0 Å². The number of hydrogen-bond acceptors (Lipinski definition) is 1. The van der Waals surface area contributed by atoms with Gasteiger partial charge in [-0.15, -0.1) is 0 Å². The molecular formula is C10H18N2S. The van der Waals surface area contributed by atoms with Crippen molar-refractivity contribution in [2.45, 2.75) is 40.7 Å². The summed E-state index contributed by atoms with van der Waals surface area (Å²) in [7, 11) is 0. The van der Waals surface area contributed by atoms with Crippen LogP contribution in [0.2, 0.25) is 0 Å². The zero-order valence-corrected chi connectivity index (χ0v) is 9.66. The summed E-state index contributed by atoms with van der Waals surface area (Å²) in [4.78, 5) is 3.13. The van der Waals surface area contributed by atoms with Crippen molar-refractivity contribution in [3.8, 4) is 0 Å². The Labute approximate surface area is 85.0 Å². The van der Waals surface area contributed by atoms with Crippen LogP contribution in [0.25, 0.3) is 0 Å². The normalized spacial score (nSPS) is 12.0. The van der Waals surface area contributed by atoms with E-state index < -0.39 is 0 Å². The molecule has 1 rings (SSSR count). The Hall–Kier alpha value is -0.570. The van der Waals surface area contributed by atoms with Gasteiger partial charge < -0.3 is 9.55 Å². The van der Waals surface area contributed by atoms with E-state index in [4.69, 9.17) is 12.2 Å². The highest BCUT2D eigenvalue weighted by atomic mass is 32.1. The molecule has 0 aliphatic rings. The molecule has 0 aliphatic carbocycles. The minimum Gasteiger partial charge on any atom is -0.335 e. The van der Waals surface area contributed by atoms with Gasteiger partial charge in [-0.25, -0.2) is 0 Å². The first-order valence-corrected chi connectivity index (χ1v) is 5.11. The molecule has 0 spiro atoms. The van der Waals surface area contributed by atoms with E-state index in [0.29, 0.717) is 5.41 Å². The maximum absolute atomic E-state index is 5.20. The largest absolute Gasteiger partial charge is 0.335 e. The number of H-pyrrole nitrogens is 1. The van der Waals surface area contributed by atoms with E-state index in [-0.39, 0.29) is 0 Å². The third kappa shape index (κ3) is 2.69. The van der Waals surface area contributed by atoms with Crippen LogP contribution in [0.3, 0.4) is 0 Å². The summed E-state index contributed by atoms with van der Waals surface area (Å²) in [6.45, 7) is 9.76. The van der Waals surface area contributed by atoms with E-state index in [0.717, 1.165) is 17.0 Å². The van der Waals surface area contributed by atoms with E-state index in [1.165, 1.54) is 6.42 Å². The Morgan fingerprint density at radius 3 is 2.54 bits per heavy atom. The highest BCUT2D eigenvalue weighted by Crippen LogP contribution is 2.22. The molecule has 74 valence electrons. The predicted molar refractivity (Wildman–Crippen MR) is 58.4 cm³/mol. The van der Waals surface area contributed by atoms with Crippen LogP contribution in [0.1, 0.15) is 32.9 Å². The number of aryl methyl sites for hydroxylation is 1. The van der Waals surface area contributed by atoms with Crippen LogP contribution in [0.5, 0.6) is 0 Å². The van der Waals surface area contributed by atoms with Crippen molar-refractivity contribution in [3.63, 3.8) is 0 Å².